The first kappa shape index (κ1) is 36.1. The molecule has 1 aliphatic carbocycles. The van der Waals surface area contributed by atoms with E-state index in [-0.39, 0.29) is 36.3 Å². The normalized spacial score (nSPS) is 20.5. The topological polar surface area (TPSA) is 188 Å². The van der Waals surface area contributed by atoms with E-state index < -0.39 is 35.6 Å². The van der Waals surface area contributed by atoms with Crippen molar-refractivity contribution in [2.24, 2.45) is 11.8 Å². The second-order valence-electron chi connectivity index (χ2n) is 12.8. The van der Waals surface area contributed by atoms with Crippen LogP contribution in [-0.2, 0) is 41.6 Å². The van der Waals surface area contributed by atoms with Gasteiger partial charge in [-0.15, -0.1) is 28.2 Å². The summed E-state index contributed by atoms with van der Waals surface area (Å²) < 4.78 is 13.5. The van der Waals surface area contributed by atoms with Gasteiger partial charge in [-0.25, -0.2) is 14.5 Å². The van der Waals surface area contributed by atoms with Crippen molar-refractivity contribution in [3.05, 3.63) is 22.3 Å². The Bertz CT molecular complexity index is 1510. The smallest absolute Gasteiger partial charge is 0.358 e. The van der Waals surface area contributed by atoms with E-state index in [4.69, 9.17) is 15.2 Å². The van der Waals surface area contributed by atoms with Gasteiger partial charge in [0.05, 0.1) is 18.7 Å². The molecule has 2 amide bonds. The standard InChI is InChI=1S/C30H43N9O6S3/c1-17(2)12-22(41)44-28(18-8-6-5-7-9-18)45-27(43)24-19(15-48-30-34-35-36-38(30)11-10-37(3)4)14-46-26-23(25(42)39(24)26)33-21(40)13-20-16-47-29(31)32-20/h16-18,23,26,28H,5-15H2,1-4H3,(H2,31,32)(H,33,40)/t23-,26+,28?/m1/s1. The van der Waals surface area contributed by atoms with Crippen LogP contribution < -0.4 is 11.1 Å². The molecule has 4 heterocycles. The first-order valence-electron chi connectivity index (χ1n) is 16.1. The van der Waals surface area contributed by atoms with Gasteiger partial charge in [0.1, 0.15) is 17.1 Å². The van der Waals surface area contributed by atoms with Crippen LogP contribution in [0.4, 0.5) is 5.13 Å². The minimum Gasteiger partial charge on any atom is -0.425 e. The van der Waals surface area contributed by atoms with Crippen LogP contribution in [0.1, 0.15) is 58.1 Å². The molecule has 5 rings (SSSR count). The first-order valence-corrected chi connectivity index (χ1v) is 19.0. The number of nitrogens with two attached hydrogens (primary N) is 1. The average Bonchev–Trinajstić information content (AvgIpc) is 3.68. The SMILES string of the molecule is CC(C)CC(=O)OC(OC(=O)C1=C(CSc2nnnn2CCN(C)C)CS[C@H]2[C@H](NC(=O)Cc3csc(N)n3)C(=O)N12)C1CCCCC1. The molecule has 1 unspecified atom stereocenters. The van der Waals surface area contributed by atoms with Crippen molar-refractivity contribution in [1.82, 2.24) is 40.3 Å². The maximum atomic E-state index is 14.1. The highest BCUT2D eigenvalue weighted by molar-refractivity contribution is 8.01. The Labute approximate surface area is 292 Å². The lowest BCUT2D eigenvalue weighted by Crippen LogP contribution is -2.70. The Kier molecular flexibility index (Phi) is 12.4. The van der Waals surface area contributed by atoms with Crippen LogP contribution in [0.5, 0.6) is 0 Å². The van der Waals surface area contributed by atoms with E-state index >= 15 is 0 Å². The van der Waals surface area contributed by atoms with Crippen molar-refractivity contribution in [2.45, 2.75) is 88.2 Å². The molecule has 2 fully saturated rings. The summed E-state index contributed by atoms with van der Waals surface area (Å²) in [5.74, 6) is -1.28. The molecule has 262 valence electrons. The number of nitrogens with one attached hydrogen (secondary N) is 1. The molecular formula is C30H43N9O6S3. The number of fused-ring (bicyclic) bond motifs is 1. The number of thioether (sulfide) groups is 2. The van der Waals surface area contributed by atoms with Crippen LogP contribution >= 0.6 is 34.9 Å². The number of rotatable bonds is 15. The number of β-lactam (4-membered cyclic amide) rings is 1. The molecule has 0 radical (unpaired) electrons. The van der Waals surface area contributed by atoms with Gasteiger partial charge in [-0.3, -0.25) is 19.3 Å². The van der Waals surface area contributed by atoms with E-state index in [9.17, 15) is 19.2 Å². The molecule has 2 aliphatic heterocycles. The average molecular weight is 722 g/mol. The Morgan fingerprint density at radius 1 is 1.19 bits per heavy atom. The largest absolute Gasteiger partial charge is 0.425 e. The third kappa shape index (κ3) is 9.06. The van der Waals surface area contributed by atoms with Crippen LogP contribution in [0, 0.1) is 11.8 Å². The molecule has 3 aliphatic rings. The highest BCUT2D eigenvalue weighted by atomic mass is 32.2. The number of esters is 2. The van der Waals surface area contributed by atoms with E-state index in [2.05, 4.69) is 25.8 Å². The molecule has 18 heteroatoms. The lowest BCUT2D eigenvalue weighted by molar-refractivity contribution is -0.200. The van der Waals surface area contributed by atoms with Gasteiger partial charge in [0.2, 0.25) is 11.1 Å². The highest BCUT2D eigenvalue weighted by Gasteiger charge is 2.54. The van der Waals surface area contributed by atoms with E-state index in [0.29, 0.717) is 39.6 Å². The minimum absolute atomic E-state index is 0.0190. The zero-order chi connectivity index (χ0) is 34.4. The van der Waals surface area contributed by atoms with Crippen LogP contribution in [0.3, 0.4) is 0 Å². The number of amides is 2. The molecular weight excluding hydrogens is 679 g/mol. The van der Waals surface area contributed by atoms with Crippen molar-refractivity contribution < 1.29 is 28.7 Å². The monoisotopic (exact) mass is 721 g/mol. The van der Waals surface area contributed by atoms with Crippen LogP contribution in [-0.4, -0.2) is 109 Å². The summed E-state index contributed by atoms with van der Waals surface area (Å²) in [6.07, 6.45) is 3.63. The van der Waals surface area contributed by atoms with Gasteiger partial charge in [-0.2, -0.15) is 0 Å². The molecule has 2 aromatic rings. The van der Waals surface area contributed by atoms with Gasteiger partial charge < -0.3 is 25.4 Å². The Morgan fingerprint density at radius 2 is 1.96 bits per heavy atom. The zero-order valence-corrected chi connectivity index (χ0v) is 30.1. The van der Waals surface area contributed by atoms with Crippen molar-refractivity contribution in [3.8, 4) is 0 Å². The summed E-state index contributed by atoms with van der Waals surface area (Å²) in [7, 11) is 3.93. The maximum Gasteiger partial charge on any atom is 0.358 e. The molecule has 0 bridgehead atoms. The Balaban J connectivity index is 1.36. The molecule has 1 saturated carbocycles. The van der Waals surface area contributed by atoms with Crippen molar-refractivity contribution >= 4 is 63.7 Å². The first-order chi connectivity index (χ1) is 23.0. The number of hydrogen-bond donors (Lipinski definition) is 2. The van der Waals surface area contributed by atoms with E-state index in [0.717, 1.165) is 38.6 Å². The summed E-state index contributed by atoms with van der Waals surface area (Å²) in [6, 6.07) is -0.827. The molecule has 1 saturated heterocycles. The molecule has 2 aromatic heterocycles. The second kappa shape index (κ2) is 16.5. The summed E-state index contributed by atoms with van der Waals surface area (Å²) in [6.45, 7) is 5.16. The van der Waals surface area contributed by atoms with Gasteiger partial charge in [-0.05, 0) is 48.9 Å². The summed E-state index contributed by atoms with van der Waals surface area (Å²) >= 11 is 4.05. The van der Waals surface area contributed by atoms with Crippen molar-refractivity contribution in [2.75, 3.05) is 37.9 Å². The number of ether oxygens (including phenoxy) is 2. The van der Waals surface area contributed by atoms with Crippen LogP contribution in [0.15, 0.2) is 21.8 Å². The van der Waals surface area contributed by atoms with Gasteiger partial charge in [0, 0.05) is 35.8 Å². The van der Waals surface area contributed by atoms with E-state index in [1.54, 1.807) is 10.1 Å². The van der Waals surface area contributed by atoms with E-state index in [1.807, 2.05) is 32.8 Å². The number of carbonyl (C=O) groups is 4. The Hall–Kier alpha value is -3.22. The third-order valence-corrected chi connectivity index (χ3v) is 11.3. The summed E-state index contributed by atoms with van der Waals surface area (Å²) in [4.78, 5) is 61.0. The molecule has 0 spiro atoms. The van der Waals surface area contributed by atoms with Crippen molar-refractivity contribution in [1.29, 1.82) is 0 Å². The molecule has 3 N–H and O–H groups in total. The van der Waals surface area contributed by atoms with Gasteiger partial charge in [0.25, 0.3) is 12.2 Å². The molecule has 48 heavy (non-hydrogen) atoms. The van der Waals surface area contributed by atoms with E-state index in [1.165, 1.54) is 39.8 Å². The summed E-state index contributed by atoms with van der Waals surface area (Å²) in [5.41, 5.74) is 7.00. The number of likely N-dealkylation sites (N-methyl/N-ethyl adjacent to an activating group) is 1. The summed E-state index contributed by atoms with van der Waals surface area (Å²) in [5, 5.41) is 17.0. The van der Waals surface area contributed by atoms with Crippen molar-refractivity contribution in [3.63, 3.8) is 0 Å². The predicted octanol–water partition coefficient (Wildman–Crippen LogP) is 2.30. The fourth-order valence-corrected chi connectivity index (χ4v) is 8.71. The number of hydrogen-bond acceptors (Lipinski definition) is 15. The number of carbonyl (C=O) groups excluding carboxylic acids is 4. The minimum atomic E-state index is -1.06. The number of thiazole rings is 1. The fraction of sp³-hybridized carbons (Fsp3) is 0.667. The predicted molar refractivity (Wildman–Crippen MR) is 181 cm³/mol. The van der Waals surface area contributed by atoms with Gasteiger partial charge in [0.15, 0.2) is 5.13 Å². The molecule has 15 nitrogen and oxygen atoms in total. The van der Waals surface area contributed by atoms with Gasteiger partial charge >= 0.3 is 11.9 Å². The third-order valence-electron chi connectivity index (χ3n) is 8.18. The number of anilines is 1. The lowest BCUT2D eigenvalue weighted by Gasteiger charge is -2.50. The zero-order valence-electron chi connectivity index (χ0n) is 27.6. The number of nitrogen functional groups attached to an aromatic ring is 1. The number of tetrazole rings is 1. The van der Waals surface area contributed by atoms with Gasteiger partial charge in [-0.1, -0.05) is 44.9 Å². The maximum absolute atomic E-state index is 14.1. The second-order valence-corrected chi connectivity index (χ2v) is 15.7. The fourth-order valence-electron chi connectivity index (χ4n) is 5.76. The Morgan fingerprint density at radius 3 is 2.65 bits per heavy atom. The van der Waals surface area contributed by atoms with Crippen LogP contribution in [0.25, 0.3) is 0 Å². The quantitative estimate of drug-likeness (QED) is 0.118. The number of aromatic nitrogens is 5. The highest BCUT2D eigenvalue weighted by Crippen LogP contribution is 2.42. The number of nitrogens with zero attached hydrogens (tertiary/aromatic N) is 7. The molecule has 0 aromatic carbocycles. The molecule has 3 atom stereocenters. The lowest BCUT2D eigenvalue weighted by atomic mass is 9.88. The van der Waals surface area contributed by atoms with Crippen LogP contribution in [0.2, 0.25) is 0 Å².